The van der Waals surface area contributed by atoms with Crippen molar-refractivity contribution in [3.05, 3.63) is 54.0 Å². The molecule has 28 heavy (non-hydrogen) atoms. The third kappa shape index (κ3) is 5.03. The monoisotopic (exact) mass is 382 g/mol. The Hall–Kier alpha value is -3.02. The number of hydrogen-bond acceptors (Lipinski definition) is 4. The number of carbonyl (C=O) groups excluding carboxylic acids is 2. The molecule has 1 saturated carbocycles. The average molecular weight is 382 g/mol. The highest BCUT2D eigenvalue weighted by molar-refractivity contribution is 5.97. The Bertz CT molecular complexity index is 854. The van der Waals surface area contributed by atoms with E-state index in [1.807, 2.05) is 19.1 Å². The smallest absolute Gasteiger partial charge is 0.247 e. The van der Waals surface area contributed by atoms with Gasteiger partial charge in [-0.2, -0.15) is 0 Å². The lowest BCUT2D eigenvalue weighted by Crippen LogP contribution is -2.36. The Kier molecular flexibility index (Phi) is 6.19. The number of nitrogens with one attached hydrogen (secondary N) is 1. The van der Waals surface area contributed by atoms with E-state index < -0.39 is 0 Å². The fraction of sp³-hybridized carbons (Fsp3) is 0.364. The summed E-state index contributed by atoms with van der Waals surface area (Å²) in [6, 6.07) is 10.9. The van der Waals surface area contributed by atoms with Crippen molar-refractivity contribution in [2.75, 3.05) is 25.5 Å². The highest BCUT2D eigenvalue weighted by Gasteiger charge is 2.36. The number of methoxy groups -OCH3 is 1. The van der Waals surface area contributed by atoms with Gasteiger partial charge in [0.25, 0.3) is 0 Å². The summed E-state index contributed by atoms with van der Waals surface area (Å²) < 4.78 is 10.9. The first-order chi connectivity index (χ1) is 13.5. The Morgan fingerprint density at radius 3 is 2.57 bits per heavy atom. The van der Waals surface area contributed by atoms with Crippen LogP contribution in [0.1, 0.15) is 37.7 Å². The number of anilines is 1. The highest BCUT2D eigenvalue weighted by Crippen LogP contribution is 2.47. The van der Waals surface area contributed by atoms with E-state index in [4.69, 9.17) is 9.15 Å². The minimum Gasteiger partial charge on any atom is -0.497 e. The Labute approximate surface area is 165 Å². The van der Waals surface area contributed by atoms with Gasteiger partial charge in [0.2, 0.25) is 11.8 Å². The molecule has 1 aromatic heterocycles. The van der Waals surface area contributed by atoms with Crippen LogP contribution in [0.25, 0.3) is 6.08 Å². The number of ether oxygens (including phenoxy) is 1. The van der Waals surface area contributed by atoms with Gasteiger partial charge in [-0.1, -0.05) is 6.92 Å². The van der Waals surface area contributed by atoms with E-state index in [2.05, 4.69) is 12.2 Å². The molecule has 6 nitrogen and oxygen atoms in total. The van der Waals surface area contributed by atoms with E-state index in [-0.39, 0.29) is 18.4 Å². The lowest BCUT2D eigenvalue weighted by atomic mass is 10.3. The minimum absolute atomic E-state index is 0.0192. The molecular formula is C22H26N2O4. The van der Waals surface area contributed by atoms with Gasteiger partial charge in [-0.3, -0.25) is 9.59 Å². The van der Waals surface area contributed by atoms with Gasteiger partial charge in [-0.25, -0.2) is 0 Å². The fourth-order valence-electron chi connectivity index (χ4n) is 3.03. The molecule has 148 valence electrons. The Balaban J connectivity index is 1.53. The maximum Gasteiger partial charge on any atom is 0.247 e. The lowest BCUT2D eigenvalue weighted by molar-refractivity contribution is -0.130. The third-order valence-electron chi connectivity index (χ3n) is 4.91. The van der Waals surface area contributed by atoms with E-state index in [0.29, 0.717) is 35.6 Å². The summed E-state index contributed by atoms with van der Waals surface area (Å²) in [7, 11) is 1.59. The van der Waals surface area contributed by atoms with Crippen LogP contribution in [0.3, 0.4) is 0 Å². The molecule has 6 heteroatoms. The van der Waals surface area contributed by atoms with Gasteiger partial charge in [0.15, 0.2) is 0 Å². The van der Waals surface area contributed by atoms with Crippen LogP contribution < -0.4 is 10.1 Å². The van der Waals surface area contributed by atoms with E-state index in [0.717, 1.165) is 12.2 Å². The lowest BCUT2D eigenvalue weighted by Gasteiger charge is -2.18. The maximum absolute atomic E-state index is 12.4. The van der Waals surface area contributed by atoms with Crippen LogP contribution in [0.15, 0.2) is 46.9 Å². The molecule has 0 spiro atoms. The van der Waals surface area contributed by atoms with Crippen molar-refractivity contribution in [1.29, 1.82) is 0 Å². The Morgan fingerprint density at radius 2 is 1.96 bits per heavy atom. The Morgan fingerprint density at radius 1 is 1.25 bits per heavy atom. The molecule has 0 radical (unpaired) electrons. The predicted molar refractivity (Wildman–Crippen MR) is 108 cm³/mol. The van der Waals surface area contributed by atoms with Crippen molar-refractivity contribution in [3.63, 3.8) is 0 Å². The summed E-state index contributed by atoms with van der Waals surface area (Å²) in [5.74, 6) is 3.04. The van der Waals surface area contributed by atoms with E-state index in [1.54, 1.807) is 37.5 Å². The van der Waals surface area contributed by atoms with Gasteiger partial charge in [0.1, 0.15) is 23.8 Å². The first-order valence-corrected chi connectivity index (χ1v) is 9.50. The van der Waals surface area contributed by atoms with Crippen LogP contribution >= 0.6 is 0 Å². The zero-order chi connectivity index (χ0) is 20.1. The van der Waals surface area contributed by atoms with Crippen molar-refractivity contribution in [2.24, 2.45) is 5.92 Å². The second-order valence-electron chi connectivity index (χ2n) is 7.02. The summed E-state index contributed by atoms with van der Waals surface area (Å²) >= 11 is 0. The number of likely N-dealkylation sites (N-methyl/N-ethyl adjacent to an activating group) is 1. The van der Waals surface area contributed by atoms with Crippen LogP contribution in [0.2, 0.25) is 0 Å². The molecule has 2 aromatic rings. The van der Waals surface area contributed by atoms with Crippen LogP contribution in [-0.4, -0.2) is 36.9 Å². The summed E-state index contributed by atoms with van der Waals surface area (Å²) in [6.45, 7) is 4.45. The molecule has 0 unspecified atom stereocenters. The number of benzene rings is 1. The highest BCUT2D eigenvalue weighted by atomic mass is 16.5. The number of amides is 2. The molecule has 0 saturated heterocycles. The van der Waals surface area contributed by atoms with Crippen LogP contribution in [0, 0.1) is 5.92 Å². The van der Waals surface area contributed by atoms with E-state index >= 15 is 0 Å². The zero-order valence-corrected chi connectivity index (χ0v) is 16.5. The second-order valence-corrected chi connectivity index (χ2v) is 7.02. The number of hydrogen-bond donors (Lipinski definition) is 1. The molecule has 1 aliphatic rings. The molecule has 1 heterocycles. The molecule has 1 aromatic carbocycles. The van der Waals surface area contributed by atoms with Crippen molar-refractivity contribution in [1.82, 2.24) is 4.90 Å². The quantitative estimate of drug-likeness (QED) is 0.703. The molecule has 1 N–H and O–H groups in total. The maximum atomic E-state index is 12.4. The largest absolute Gasteiger partial charge is 0.497 e. The number of rotatable bonds is 8. The van der Waals surface area contributed by atoms with Gasteiger partial charge in [-0.15, -0.1) is 0 Å². The summed E-state index contributed by atoms with van der Waals surface area (Å²) in [5, 5.41) is 2.78. The average Bonchev–Trinajstić information content (AvgIpc) is 3.24. The molecule has 0 bridgehead atoms. The van der Waals surface area contributed by atoms with Crippen molar-refractivity contribution in [2.45, 2.75) is 26.2 Å². The van der Waals surface area contributed by atoms with Crippen molar-refractivity contribution < 1.29 is 18.7 Å². The number of nitrogens with zero attached hydrogens (tertiary/aromatic N) is 1. The molecule has 1 aliphatic carbocycles. The summed E-state index contributed by atoms with van der Waals surface area (Å²) in [5.41, 5.74) is 0.655. The molecular weight excluding hydrogens is 356 g/mol. The van der Waals surface area contributed by atoms with Gasteiger partial charge in [0, 0.05) is 24.2 Å². The topological polar surface area (TPSA) is 71.8 Å². The summed E-state index contributed by atoms with van der Waals surface area (Å²) in [4.78, 5) is 26.2. The van der Waals surface area contributed by atoms with Gasteiger partial charge >= 0.3 is 0 Å². The molecule has 2 atom stereocenters. The molecule has 2 amide bonds. The van der Waals surface area contributed by atoms with Crippen LogP contribution in [0.4, 0.5) is 5.69 Å². The first kappa shape index (κ1) is 19.7. The third-order valence-corrected chi connectivity index (χ3v) is 4.91. The van der Waals surface area contributed by atoms with Crippen LogP contribution in [0.5, 0.6) is 5.75 Å². The number of carbonyl (C=O) groups is 2. The molecule has 3 rings (SSSR count). The van der Waals surface area contributed by atoms with Gasteiger partial charge in [-0.05, 0) is 61.7 Å². The van der Waals surface area contributed by atoms with E-state index in [1.165, 1.54) is 11.0 Å². The SMILES string of the molecule is CCN(CC(=O)Nc1ccc(OC)cc1)C(=O)/C=C/c1ccc([C@@H]2C[C@H]2C)o1. The number of furan rings is 1. The van der Waals surface area contributed by atoms with Crippen molar-refractivity contribution in [3.8, 4) is 5.75 Å². The standard InChI is InChI=1S/C22H26N2O4/c1-4-24(14-21(25)23-16-5-7-17(27-3)8-6-16)22(26)12-10-18-9-11-20(28-18)19-13-15(19)2/h5-12,15,19H,4,13-14H2,1-3H3,(H,23,25)/b12-10+/t15-,19-/m1/s1. The van der Waals surface area contributed by atoms with Gasteiger partial charge < -0.3 is 19.4 Å². The normalized spacial score (nSPS) is 18.1. The zero-order valence-electron chi connectivity index (χ0n) is 16.5. The van der Waals surface area contributed by atoms with E-state index in [9.17, 15) is 9.59 Å². The summed E-state index contributed by atoms with van der Waals surface area (Å²) in [6.07, 6.45) is 4.26. The molecule has 0 aliphatic heterocycles. The van der Waals surface area contributed by atoms with Gasteiger partial charge in [0.05, 0.1) is 7.11 Å². The van der Waals surface area contributed by atoms with Crippen molar-refractivity contribution >= 4 is 23.6 Å². The molecule has 1 fully saturated rings. The minimum atomic E-state index is -0.253. The second kappa shape index (κ2) is 8.78. The predicted octanol–water partition coefficient (Wildman–Crippen LogP) is 3.91. The first-order valence-electron chi connectivity index (χ1n) is 9.50. The fourth-order valence-corrected chi connectivity index (χ4v) is 3.03. The van der Waals surface area contributed by atoms with Crippen LogP contribution in [-0.2, 0) is 9.59 Å².